The molecule has 1 aromatic heterocycles. The van der Waals surface area contributed by atoms with Crippen LogP contribution in [0.4, 0.5) is 0 Å². The number of nitrogens with one attached hydrogen (secondary N) is 1. The van der Waals surface area contributed by atoms with Gasteiger partial charge >= 0.3 is 0 Å². The Morgan fingerprint density at radius 1 is 1.20 bits per heavy atom. The molecule has 1 unspecified atom stereocenters. The van der Waals surface area contributed by atoms with E-state index in [1.165, 1.54) is 5.56 Å². The van der Waals surface area contributed by atoms with Gasteiger partial charge in [-0.25, -0.2) is 0 Å². The number of hydrogen-bond acceptors (Lipinski definition) is 3. The molecular weight excluding hydrogens is 316 g/mol. The summed E-state index contributed by atoms with van der Waals surface area (Å²) in [5.74, 6) is 0.0620. The van der Waals surface area contributed by atoms with Crippen molar-refractivity contribution in [3.05, 3.63) is 54.4 Å². The molecule has 1 aliphatic heterocycles. The van der Waals surface area contributed by atoms with Crippen molar-refractivity contribution in [3.8, 4) is 0 Å². The van der Waals surface area contributed by atoms with E-state index >= 15 is 0 Å². The number of piperidine rings is 1. The molecule has 25 heavy (non-hydrogen) atoms. The van der Waals surface area contributed by atoms with Gasteiger partial charge < -0.3 is 10.2 Å². The maximum absolute atomic E-state index is 12.4. The summed E-state index contributed by atoms with van der Waals surface area (Å²) in [6, 6.07) is 12.0. The molecule has 2 heterocycles. The van der Waals surface area contributed by atoms with E-state index in [0.717, 1.165) is 6.42 Å². The number of likely N-dealkylation sites (tertiary alicyclic amines) is 1. The van der Waals surface area contributed by atoms with Gasteiger partial charge in [-0.05, 0) is 24.5 Å². The van der Waals surface area contributed by atoms with Crippen molar-refractivity contribution in [2.75, 3.05) is 19.6 Å². The zero-order chi connectivity index (χ0) is 17.5. The standard InChI is InChI=1S/C19H24N4O2/c24-18-8-7-17(19(25)20-11-14-23-12-4-10-21-23)15-22(18)13-9-16-5-2-1-3-6-16/h1-6,10,12,17H,7-9,11,13-15H2,(H,20,25). The predicted octanol–water partition coefficient (Wildman–Crippen LogP) is 1.48. The number of carbonyl (C=O) groups excluding carboxylic acids is 2. The Hall–Kier alpha value is -2.63. The summed E-state index contributed by atoms with van der Waals surface area (Å²) in [5, 5.41) is 7.08. The first-order chi connectivity index (χ1) is 12.2. The van der Waals surface area contributed by atoms with E-state index in [2.05, 4.69) is 22.5 Å². The predicted molar refractivity (Wildman–Crippen MR) is 94.7 cm³/mol. The lowest BCUT2D eigenvalue weighted by Gasteiger charge is -2.32. The molecule has 0 bridgehead atoms. The summed E-state index contributed by atoms with van der Waals surface area (Å²) in [6.07, 6.45) is 5.50. The Labute approximate surface area is 147 Å². The van der Waals surface area contributed by atoms with Crippen LogP contribution in [0.5, 0.6) is 0 Å². The molecule has 1 atom stereocenters. The highest BCUT2D eigenvalue weighted by atomic mass is 16.2. The minimum absolute atomic E-state index is 0.0318. The molecule has 3 rings (SSSR count). The summed E-state index contributed by atoms with van der Waals surface area (Å²) in [7, 11) is 0. The molecule has 0 radical (unpaired) electrons. The fraction of sp³-hybridized carbons (Fsp3) is 0.421. The van der Waals surface area contributed by atoms with Crippen LogP contribution in [0.2, 0.25) is 0 Å². The Balaban J connectivity index is 1.45. The fourth-order valence-electron chi connectivity index (χ4n) is 3.12. The van der Waals surface area contributed by atoms with Gasteiger partial charge in [-0.2, -0.15) is 5.10 Å². The third kappa shape index (κ3) is 4.92. The van der Waals surface area contributed by atoms with E-state index in [0.29, 0.717) is 39.0 Å². The Morgan fingerprint density at radius 3 is 2.80 bits per heavy atom. The molecule has 1 aliphatic rings. The van der Waals surface area contributed by atoms with E-state index in [-0.39, 0.29) is 17.7 Å². The van der Waals surface area contributed by atoms with Crippen LogP contribution in [0.3, 0.4) is 0 Å². The molecule has 132 valence electrons. The van der Waals surface area contributed by atoms with Gasteiger partial charge in [0.05, 0.1) is 12.5 Å². The number of aromatic nitrogens is 2. The normalized spacial score (nSPS) is 17.5. The van der Waals surface area contributed by atoms with Crippen molar-refractivity contribution >= 4 is 11.8 Å². The molecule has 0 aliphatic carbocycles. The van der Waals surface area contributed by atoms with Crippen molar-refractivity contribution in [3.63, 3.8) is 0 Å². The number of amides is 2. The molecule has 2 aromatic rings. The fourth-order valence-corrected chi connectivity index (χ4v) is 3.12. The maximum atomic E-state index is 12.4. The Morgan fingerprint density at radius 2 is 2.04 bits per heavy atom. The van der Waals surface area contributed by atoms with Crippen molar-refractivity contribution < 1.29 is 9.59 Å². The second-order valence-corrected chi connectivity index (χ2v) is 6.37. The second-order valence-electron chi connectivity index (χ2n) is 6.37. The highest BCUT2D eigenvalue weighted by molar-refractivity contribution is 5.83. The number of benzene rings is 1. The Kier molecular flexibility index (Phi) is 5.82. The number of carbonyl (C=O) groups is 2. The summed E-state index contributed by atoms with van der Waals surface area (Å²) in [4.78, 5) is 26.3. The van der Waals surface area contributed by atoms with Crippen molar-refractivity contribution in [1.29, 1.82) is 0 Å². The third-order valence-corrected chi connectivity index (χ3v) is 4.58. The van der Waals surface area contributed by atoms with E-state index < -0.39 is 0 Å². The topological polar surface area (TPSA) is 67.2 Å². The summed E-state index contributed by atoms with van der Waals surface area (Å²) in [6.45, 7) is 2.39. The van der Waals surface area contributed by atoms with Crippen molar-refractivity contribution in [2.24, 2.45) is 5.92 Å². The third-order valence-electron chi connectivity index (χ3n) is 4.58. The van der Waals surface area contributed by atoms with Crippen LogP contribution in [-0.2, 0) is 22.6 Å². The van der Waals surface area contributed by atoms with Crippen LogP contribution >= 0.6 is 0 Å². The molecule has 1 aromatic carbocycles. The molecule has 0 spiro atoms. The molecule has 6 heteroatoms. The van der Waals surface area contributed by atoms with Gasteiger partial charge in [0.25, 0.3) is 0 Å². The smallest absolute Gasteiger partial charge is 0.224 e. The van der Waals surface area contributed by atoms with Crippen LogP contribution in [0, 0.1) is 5.92 Å². The van der Waals surface area contributed by atoms with Gasteiger partial charge in [-0.15, -0.1) is 0 Å². The highest BCUT2D eigenvalue weighted by Crippen LogP contribution is 2.18. The van der Waals surface area contributed by atoms with Crippen molar-refractivity contribution in [1.82, 2.24) is 20.0 Å². The Bertz CT molecular complexity index is 685. The van der Waals surface area contributed by atoms with Gasteiger partial charge in [-0.3, -0.25) is 14.3 Å². The summed E-state index contributed by atoms with van der Waals surface area (Å²) in [5.41, 5.74) is 1.21. The molecule has 1 N–H and O–H groups in total. The first-order valence-corrected chi connectivity index (χ1v) is 8.79. The van der Waals surface area contributed by atoms with Gasteiger partial charge in [0.1, 0.15) is 0 Å². The zero-order valence-electron chi connectivity index (χ0n) is 14.3. The number of rotatable bonds is 7. The molecular formula is C19H24N4O2. The lowest BCUT2D eigenvalue weighted by Crippen LogP contribution is -2.46. The molecule has 0 saturated carbocycles. The van der Waals surface area contributed by atoms with E-state index in [4.69, 9.17) is 0 Å². The SMILES string of the molecule is O=C(NCCn1cccn1)C1CCC(=O)N(CCc2ccccc2)C1. The second kappa shape index (κ2) is 8.46. The molecule has 2 amide bonds. The summed E-state index contributed by atoms with van der Waals surface area (Å²) >= 11 is 0. The van der Waals surface area contributed by atoms with Gasteiger partial charge in [-0.1, -0.05) is 30.3 Å². The summed E-state index contributed by atoms with van der Waals surface area (Å²) < 4.78 is 1.79. The monoisotopic (exact) mass is 340 g/mol. The highest BCUT2D eigenvalue weighted by Gasteiger charge is 2.29. The average molecular weight is 340 g/mol. The van der Waals surface area contributed by atoms with Crippen LogP contribution < -0.4 is 5.32 Å². The van der Waals surface area contributed by atoms with E-state index in [1.54, 1.807) is 10.9 Å². The first kappa shape index (κ1) is 17.2. The van der Waals surface area contributed by atoms with Gasteiger partial charge in [0.15, 0.2) is 0 Å². The molecule has 6 nitrogen and oxygen atoms in total. The van der Waals surface area contributed by atoms with Crippen LogP contribution in [-0.4, -0.2) is 46.1 Å². The minimum Gasteiger partial charge on any atom is -0.354 e. The van der Waals surface area contributed by atoms with E-state index in [1.807, 2.05) is 35.4 Å². The van der Waals surface area contributed by atoms with Gasteiger partial charge in [0, 0.05) is 38.4 Å². The largest absolute Gasteiger partial charge is 0.354 e. The first-order valence-electron chi connectivity index (χ1n) is 8.79. The number of nitrogens with zero attached hydrogens (tertiary/aromatic N) is 3. The van der Waals surface area contributed by atoms with Crippen LogP contribution in [0.1, 0.15) is 18.4 Å². The quantitative estimate of drug-likeness (QED) is 0.830. The number of hydrogen-bond donors (Lipinski definition) is 1. The lowest BCUT2D eigenvalue weighted by molar-refractivity contribution is -0.138. The van der Waals surface area contributed by atoms with Crippen LogP contribution in [0.15, 0.2) is 48.8 Å². The lowest BCUT2D eigenvalue weighted by atomic mass is 9.96. The average Bonchev–Trinajstić information content (AvgIpc) is 3.15. The minimum atomic E-state index is -0.119. The maximum Gasteiger partial charge on any atom is 0.224 e. The van der Waals surface area contributed by atoms with Crippen molar-refractivity contribution in [2.45, 2.75) is 25.8 Å². The van der Waals surface area contributed by atoms with Crippen LogP contribution in [0.25, 0.3) is 0 Å². The zero-order valence-corrected chi connectivity index (χ0v) is 14.3. The molecule has 1 fully saturated rings. The molecule has 1 saturated heterocycles. The van der Waals surface area contributed by atoms with E-state index in [9.17, 15) is 9.59 Å². The van der Waals surface area contributed by atoms with Gasteiger partial charge in [0.2, 0.25) is 11.8 Å².